The molecule has 1 aliphatic carbocycles. The molecular formula is C22H25F3N6O2. The van der Waals surface area contributed by atoms with Crippen molar-refractivity contribution in [2.45, 2.75) is 64.2 Å². The van der Waals surface area contributed by atoms with E-state index in [2.05, 4.69) is 32.5 Å². The Morgan fingerprint density at radius 3 is 2.58 bits per heavy atom. The van der Waals surface area contributed by atoms with E-state index in [1.165, 1.54) is 10.9 Å². The number of carbonyl (C=O) groups excluding carboxylic acids is 1. The largest absolute Gasteiger partial charge is 0.394 e. The minimum Gasteiger partial charge on any atom is -0.355 e. The number of pyridine rings is 1. The molecule has 0 radical (unpaired) electrons. The highest BCUT2D eigenvalue weighted by Gasteiger charge is 2.45. The number of alkyl halides is 3. The van der Waals surface area contributed by atoms with Crippen molar-refractivity contribution in [3.8, 4) is 0 Å². The number of hydrogen-bond acceptors (Lipinski definition) is 6. The molecule has 2 aromatic rings. The Morgan fingerprint density at radius 1 is 1.21 bits per heavy atom. The van der Waals surface area contributed by atoms with Crippen molar-refractivity contribution in [3.63, 3.8) is 0 Å². The highest BCUT2D eigenvalue weighted by molar-refractivity contribution is 5.97. The Bertz CT molecular complexity index is 1180. The van der Waals surface area contributed by atoms with Crippen molar-refractivity contribution < 1.29 is 18.0 Å². The van der Waals surface area contributed by atoms with Gasteiger partial charge in [-0.25, -0.2) is 9.97 Å². The molecule has 0 unspecified atom stereocenters. The lowest BCUT2D eigenvalue weighted by Crippen LogP contribution is -2.48. The first-order valence-corrected chi connectivity index (χ1v) is 10.7. The van der Waals surface area contributed by atoms with Crippen LogP contribution in [0.4, 0.5) is 30.4 Å². The average Bonchev–Trinajstić information content (AvgIpc) is 2.99. The molecule has 4 rings (SSSR count). The van der Waals surface area contributed by atoms with Crippen molar-refractivity contribution >= 4 is 23.1 Å². The SMILES string of the molecule is C=C(CC(F)(F)F)Nc1c(C)ncnc1Nc1cc(C)c2n(c1=O)C1(CCCCC1)NC2=O. The van der Waals surface area contributed by atoms with Crippen LogP contribution in [0.5, 0.6) is 0 Å². The number of nitrogens with one attached hydrogen (secondary N) is 3. The van der Waals surface area contributed by atoms with Crippen molar-refractivity contribution in [3.05, 3.63) is 52.0 Å². The van der Waals surface area contributed by atoms with Crippen LogP contribution in [0.2, 0.25) is 0 Å². The van der Waals surface area contributed by atoms with Gasteiger partial charge in [-0.2, -0.15) is 13.2 Å². The van der Waals surface area contributed by atoms with Gasteiger partial charge in [0.2, 0.25) is 0 Å². The summed E-state index contributed by atoms with van der Waals surface area (Å²) in [5.74, 6) is -0.139. The normalized spacial score (nSPS) is 16.9. The predicted molar refractivity (Wildman–Crippen MR) is 117 cm³/mol. The molecule has 1 amide bonds. The Kier molecular flexibility index (Phi) is 5.67. The summed E-state index contributed by atoms with van der Waals surface area (Å²) in [5.41, 5.74) is 0.259. The fourth-order valence-corrected chi connectivity index (χ4v) is 4.64. The summed E-state index contributed by atoms with van der Waals surface area (Å²) in [7, 11) is 0. The van der Waals surface area contributed by atoms with Gasteiger partial charge in [0.25, 0.3) is 11.5 Å². The van der Waals surface area contributed by atoms with Crippen LogP contribution in [0.1, 0.15) is 60.3 Å². The summed E-state index contributed by atoms with van der Waals surface area (Å²) in [4.78, 5) is 34.4. The van der Waals surface area contributed by atoms with E-state index in [1.807, 2.05) is 0 Å². The molecule has 33 heavy (non-hydrogen) atoms. The predicted octanol–water partition coefficient (Wildman–Crippen LogP) is 4.24. The Hall–Kier alpha value is -3.37. The van der Waals surface area contributed by atoms with E-state index in [0.29, 0.717) is 29.8 Å². The van der Waals surface area contributed by atoms with Gasteiger partial charge in [-0.05, 0) is 51.2 Å². The number of aromatic nitrogens is 3. The number of fused-ring (bicyclic) bond motifs is 2. The molecular weight excluding hydrogens is 437 g/mol. The van der Waals surface area contributed by atoms with E-state index in [0.717, 1.165) is 19.3 Å². The summed E-state index contributed by atoms with van der Waals surface area (Å²) in [6.45, 7) is 6.79. The van der Waals surface area contributed by atoms with E-state index in [1.54, 1.807) is 19.9 Å². The van der Waals surface area contributed by atoms with Crippen LogP contribution in [-0.4, -0.2) is 26.6 Å². The van der Waals surface area contributed by atoms with E-state index in [9.17, 15) is 22.8 Å². The number of rotatable bonds is 5. The van der Waals surface area contributed by atoms with Crippen LogP contribution in [0, 0.1) is 13.8 Å². The van der Waals surface area contributed by atoms with Gasteiger partial charge in [-0.15, -0.1) is 0 Å². The van der Waals surface area contributed by atoms with E-state index < -0.39 is 23.8 Å². The first-order chi connectivity index (χ1) is 15.5. The van der Waals surface area contributed by atoms with Crippen molar-refractivity contribution in [2.75, 3.05) is 10.6 Å². The second-order valence-corrected chi connectivity index (χ2v) is 8.60. The molecule has 0 atom stereocenters. The van der Waals surface area contributed by atoms with Crippen LogP contribution in [0.3, 0.4) is 0 Å². The lowest BCUT2D eigenvalue weighted by Gasteiger charge is -2.35. The Labute approximate surface area is 188 Å². The average molecular weight is 462 g/mol. The zero-order valence-electron chi connectivity index (χ0n) is 18.4. The van der Waals surface area contributed by atoms with Crippen LogP contribution in [0.25, 0.3) is 0 Å². The van der Waals surface area contributed by atoms with Crippen molar-refractivity contribution in [1.29, 1.82) is 0 Å². The molecule has 1 aliphatic heterocycles. The number of halogens is 3. The maximum absolute atomic E-state index is 13.5. The highest BCUT2D eigenvalue weighted by atomic mass is 19.4. The minimum absolute atomic E-state index is 0.137. The molecule has 2 aromatic heterocycles. The quantitative estimate of drug-likeness (QED) is 0.615. The van der Waals surface area contributed by atoms with Gasteiger partial charge < -0.3 is 16.0 Å². The third-order valence-corrected chi connectivity index (χ3v) is 6.07. The van der Waals surface area contributed by atoms with Gasteiger partial charge in [0.15, 0.2) is 5.82 Å². The summed E-state index contributed by atoms with van der Waals surface area (Å²) >= 11 is 0. The third-order valence-electron chi connectivity index (χ3n) is 6.07. The van der Waals surface area contributed by atoms with Crippen LogP contribution >= 0.6 is 0 Å². The van der Waals surface area contributed by atoms with Gasteiger partial charge in [0.1, 0.15) is 29.1 Å². The molecule has 1 saturated carbocycles. The van der Waals surface area contributed by atoms with Crippen molar-refractivity contribution in [2.24, 2.45) is 0 Å². The first-order valence-electron chi connectivity index (χ1n) is 10.7. The smallest absolute Gasteiger partial charge is 0.355 e. The van der Waals surface area contributed by atoms with Gasteiger partial charge >= 0.3 is 6.18 Å². The lowest BCUT2D eigenvalue weighted by molar-refractivity contribution is -0.126. The molecule has 2 aliphatic rings. The third kappa shape index (κ3) is 4.31. The zero-order valence-corrected chi connectivity index (χ0v) is 18.4. The Balaban J connectivity index is 1.73. The number of anilines is 3. The maximum Gasteiger partial charge on any atom is 0.394 e. The zero-order chi connectivity index (χ0) is 24.0. The number of aryl methyl sites for hydroxylation is 2. The second kappa shape index (κ2) is 8.20. The minimum atomic E-state index is -4.43. The van der Waals surface area contributed by atoms with Gasteiger partial charge in [0.05, 0.1) is 12.1 Å². The molecule has 11 heteroatoms. The van der Waals surface area contributed by atoms with Crippen LogP contribution < -0.4 is 21.5 Å². The molecule has 0 saturated heterocycles. The molecule has 3 heterocycles. The standard InChI is InChI=1S/C22H25F3N6O2/c1-12-9-15(20(33)31-17(12)19(32)30-21(31)7-5-4-6-8-21)29-18-16(14(3)26-11-27-18)28-13(2)10-22(23,24)25/h9,11,28H,2,4-8,10H2,1,3H3,(H,30,32)(H,26,27,29). The molecule has 176 valence electrons. The molecule has 1 spiro atoms. The van der Waals surface area contributed by atoms with E-state index in [4.69, 9.17) is 0 Å². The second-order valence-electron chi connectivity index (χ2n) is 8.60. The molecule has 3 N–H and O–H groups in total. The van der Waals surface area contributed by atoms with Gasteiger partial charge in [0, 0.05) is 5.70 Å². The molecule has 0 bridgehead atoms. The number of allylic oxidation sites excluding steroid dienone is 1. The summed E-state index contributed by atoms with van der Waals surface area (Å²) < 4.78 is 39.8. The van der Waals surface area contributed by atoms with Crippen molar-refractivity contribution in [1.82, 2.24) is 19.9 Å². The first kappa shape index (κ1) is 22.8. The summed E-state index contributed by atoms with van der Waals surface area (Å²) in [5, 5.41) is 8.59. The van der Waals surface area contributed by atoms with Crippen LogP contribution in [-0.2, 0) is 5.66 Å². The summed E-state index contributed by atoms with van der Waals surface area (Å²) in [6, 6.07) is 1.56. The number of carbonyl (C=O) groups is 1. The number of hydrogen-bond donors (Lipinski definition) is 3. The van der Waals surface area contributed by atoms with E-state index >= 15 is 0 Å². The number of nitrogens with zero attached hydrogens (tertiary/aromatic N) is 3. The molecule has 8 nitrogen and oxygen atoms in total. The van der Waals surface area contributed by atoms with E-state index in [-0.39, 0.29) is 28.8 Å². The van der Waals surface area contributed by atoms with Crippen LogP contribution in [0.15, 0.2) is 29.5 Å². The van der Waals surface area contributed by atoms with Gasteiger partial charge in [-0.3, -0.25) is 14.2 Å². The molecule has 1 fully saturated rings. The fourth-order valence-electron chi connectivity index (χ4n) is 4.64. The lowest BCUT2D eigenvalue weighted by atomic mass is 9.89. The van der Waals surface area contributed by atoms with Gasteiger partial charge in [-0.1, -0.05) is 13.0 Å². The Morgan fingerprint density at radius 2 is 1.91 bits per heavy atom. The fraction of sp³-hybridized carbons (Fsp3) is 0.455. The topological polar surface area (TPSA) is 101 Å². The maximum atomic E-state index is 13.5. The summed E-state index contributed by atoms with van der Waals surface area (Å²) in [6.07, 6.45) is -0.261. The molecule has 0 aromatic carbocycles. The highest BCUT2D eigenvalue weighted by Crippen LogP contribution is 2.38. The number of amides is 1. The monoisotopic (exact) mass is 462 g/mol.